The first-order valence-corrected chi connectivity index (χ1v) is 13.6. The van der Waals surface area contributed by atoms with Gasteiger partial charge in [-0.3, -0.25) is 4.79 Å². The van der Waals surface area contributed by atoms with Gasteiger partial charge >= 0.3 is 0 Å². The molecule has 0 bridgehead atoms. The van der Waals surface area contributed by atoms with Gasteiger partial charge in [-0.05, 0) is 32.2 Å². The van der Waals surface area contributed by atoms with Gasteiger partial charge in [0, 0.05) is 5.92 Å². The highest BCUT2D eigenvalue weighted by Gasteiger charge is 2.54. The molecule has 15 heteroatoms. The van der Waals surface area contributed by atoms with E-state index in [4.69, 9.17) is 36.1 Å². The van der Waals surface area contributed by atoms with E-state index in [1.807, 2.05) is 6.92 Å². The molecule has 1 aliphatic carbocycles. The van der Waals surface area contributed by atoms with Crippen LogP contribution >= 0.6 is 0 Å². The van der Waals surface area contributed by atoms with Crippen LogP contribution in [-0.4, -0.2) is 135 Å². The molecule has 0 radical (unpaired) electrons. The Labute approximate surface area is 227 Å². The Morgan fingerprint density at radius 2 is 1.67 bits per heavy atom. The third-order valence-corrected chi connectivity index (χ3v) is 7.98. The molecule has 0 aromatic rings. The molecule has 228 valence electrons. The molecule has 3 rings (SSSR count). The third-order valence-electron chi connectivity index (χ3n) is 7.98. The predicted octanol–water partition coefficient (Wildman–Crippen LogP) is -4.67. The molecule has 0 aromatic heterocycles. The molecule has 2 heterocycles. The van der Waals surface area contributed by atoms with E-state index in [0.29, 0.717) is 6.42 Å². The lowest BCUT2D eigenvalue weighted by Crippen LogP contribution is -2.70. The van der Waals surface area contributed by atoms with Gasteiger partial charge in [-0.15, -0.1) is 0 Å². The smallest absolute Gasteiger partial charge is 0.249 e. The van der Waals surface area contributed by atoms with Gasteiger partial charge in [0.05, 0.1) is 43.0 Å². The largest absolute Gasteiger partial charge is 0.394 e. The minimum atomic E-state index is -1.59. The van der Waals surface area contributed by atoms with Gasteiger partial charge in [0.25, 0.3) is 0 Å². The SMILES string of the molecule is CC[C@@H]1CCC(N)[C@@H](OC2C(O)[C@@H](O[C@H]3OC(CO)[C@@H](O)[C@H](N)C3O)C(NC(=O)[C@@H](O)CCN)[C@H](O)[C@@H]2C)O1. The van der Waals surface area contributed by atoms with Crippen LogP contribution in [0.5, 0.6) is 0 Å². The van der Waals surface area contributed by atoms with E-state index < -0.39 is 98.0 Å². The Morgan fingerprint density at radius 1 is 1.00 bits per heavy atom. The van der Waals surface area contributed by atoms with E-state index in [9.17, 15) is 35.4 Å². The summed E-state index contributed by atoms with van der Waals surface area (Å²) in [5.41, 5.74) is 17.6. The average molecular weight is 567 g/mol. The highest BCUT2D eigenvalue weighted by molar-refractivity contribution is 5.80. The summed E-state index contributed by atoms with van der Waals surface area (Å²) < 4.78 is 23.5. The second-order valence-corrected chi connectivity index (χ2v) is 10.7. The fourth-order valence-corrected chi connectivity index (χ4v) is 5.36. The number of carbonyl (C=O) groups excluding carboxylic acids is 1. The van der Waals surface area contributed by atoms with Crippen molar-refractivity contribution in [2.45, 2.75) is 125 Å². The lowest BCUT2D eigenvalue weighted by Gasteiger charge is -2.50. The van der Waals surface area contributed by atoms with Crippen molar-refractivity contribution in [3.05, 3.63) is 0 Å². The Morgan fingerprint density at radius 3 is 2.28 bits per heavy atom. The van der Waals surface area contributed by atoms with E-state index in [0.717, 1.165) is 12.8 Å². The molecule has 1 amide bonds. The zero-order valence-corrected chi connectivity index (χ0v) is 22.4. The third kappa shape index (κ3) is 7.24. The standard InChI is InChI=1S/C24H46N4O11/c1-3-10-4-5-11(26)23(36-10)38-20-9(2)16(31)15(28-22(35)12(30)6-7-25)21(19(20)34)39-24-18(33)14(27)17(32)13(8-29)37-24/h9-21,23-24,29-34H,3-8,25-27H2,1-2H3,(H,28,35)/t9-,10+,11?,12-,13?,14-,15?,16+,17+,18?,19?,20?,21-,23+,24+/m0/s1. The molecule has 15 atom stereocenters. The van der Waals surface area contributed by atoms with Crippen LogP contribution in [-0.2, 0) is 23.7 Å². The molecule has 15 nitrogen and oxygen atoms in total. The van der Waals surface area contributed by atoms with Crippen LogP contribution in [0, 0.1) is 5.92 Å². The van der Waals surface area contributed by atoms with Crippen LogP contribution in [0.1, 0.15) is 39.5 Å². The van der Waals surface area contributed by atoms with Crippen LogP contribution in [0.2, 0.25) is 0 Å². The van der Waals surface area contributed by atoms with Gasteiger partial charge in [-0.2, -0.15) is 0 Å². The van der Waals surface area contributed by atoms with Crippen molar-refractivity contribution in [1.82, 2.24) is 5.32 Å². The lowest BCUT2D eigenvalue weighted by atomic mass is 9.77. The minimum Gasteiger partial charge on any atom is -0.394 e. The summed E-state index contributed by atoms with van der Waals surface area (Å²) in [4.78, 5) is 12.7. The number of amides is 1. The number of hydrogen-bond acceptors (Lipinski definition) is 14. The zero-order chi connectivity index (χ0) is 29.0. The number of nitrogens with one attached hydrogen (secondary N) is 1. The molecule has 1 saturated carbocycles. The number of rotatable bonds is 10. The normalized spacial score (nSPS) is 46.0. The van der Waals surface area contributed by atoms with Gasteiger partial charge in [0.1, 0.15) is 36.6 Å². The van der Waals surface area contributed by atoms with Gasteiger partial charge in [0.2, 0.25) is 5.91 Å². The molecule has 2 saturated heterocycles. The number of hydrogen-bond donors (Lipinski definition) is 10. The second kappa shape index (κ2) is 14.2. The summed E-state index contributed by atoms with van der Waals surface area (Å²) >= 11 is 0. The summed E-state index contributed by atoms with van der Waals surface area (Å²) in [6, 6.07) is -3.05. The van der Waals surface area contributed by atoms with Gasteiger partial charge in [-0.25, -0.2) is 0 Å². The van der Waals surface area contributed by atoms with Crippen molar-refractivity contribution >= 4 is 5.91 Å². The lowest BCUT2D eigenvalue weighted by molar-refractivity contribution is -0.323. The van der Waals surface area contributed by atoms with E-state index in [1.165, 1.54) is 0 Å². The summed E-state index contributed by atoms with van der Waals surface area (Å²) in [6.07, 6.45) is -11.6. The molecule has 39 heavy (non-hydrogen) atoms. The molecule has 3 fully saturated rings. The van der Waals surface area contributed by atoms with Crippen molar-refractivity contribution in [3.63, 3.8) is 0 Å². The van der Waals surface area contributed by atoms with Crippen molar-refractivity contribution in [2.75, 3.05) is 13.2 Å². The maximum atomic E-state index is 12.7. The molecule has 0 spiro atoms. The van der Waals surface area contributed by atoms with Gasteiger partial charge < -0.3 is 72.1 Å². The molecule has 6 unspecified atom stereocenters. The quantitative estimate of drug-likeness (QED) is 0.119. The Bertz CT molecular complexity index is 782. The number of ether oxygens (including phenoxy) is 4. The first kappa shape index (κ1) is 32.5. The zero-order valence-electron chi connectivity index (χ0n) is 22.4. The number of aliphatic hydroxyl groups excluding tert-OH is 6. The maximum absolute atomic E-state index is 12.7. The van der Waals surface area contributed by atoms with Crippen LogP contribution in [0.4, 0.5) is 0 Å². The van der Waals surface area contributed by atoms with E-state index in [1.54, 1.807) is 6.92 Å². The number of nitrogens with two attached hydrogens (primary N) is 3. The molecule has 3 aliphatic rings. The van der Waals surface area contributed by atoms with E-state index in [2.05, 4.69) is 5.32 Å². The maximum Gasteiger partial charge on any atom is 0.249 e. The van der Waals surface area contributed by atoms with Crippen LogP contribution in [0.15, 0.2) is 0 Å². The van der Waals surface area contributed by atoms with Gasteiger partial charge in [0.15, 0.2) is 12.6 Å². The predicted molar refractivity (Wildman–Crippen MR) is 134 cm³/mol. The fourth-order valence-electron chi connectivity index (χ4n) is 5.36. The van der Waals surface area contributed by atoms with Crippen LogP contribution < -0.4 is 22.5 Å². The van der Waals surface area contributed by atoms with Crippen molar-refractivity contribution in [2.24, 2.45) is 23.1 Å². The van der Waals surface area contributed by atoms with Crippen molar-refractivity contribution < 1.29 is 54.4 Å². The molecule has 0 aromatic carbocycles. The Hall–Kier alpha value is -1.05. The number of carbonyl (C=O) groups is 1. The molecular weight excluding hydrogens is 520 g/mol. The molecule has 13 N–H and O–H groups in total. The topological polar surface area (TPSA) is 265 Å². The van der Waals surface area contributed by atoms with Crippen LogP contribution in [0.25, 0.3) is 0 Å². The number of aliphatic hydroxyl groups is 6. The average Bonchev–Trinajstić information content (AvgIpc) is 2.92. The Kier molecular flexibility index (Phi) is 11.8. The van der Waals surface area contributed by atoms with E-state index >= 15 is 0 Å². The summed E-state index contributed by atoms with van der Waals surface area (Å²) in [6.45, 7) is 2.96. The summed E-state index contributed by atoms with van der Waals surface area (Å²) in [5.74, 6) is -1.63. The first-order valence-electron chi connectivity index (χ1n) is 13.6. The highest BCUT2D eigenvalue weighted by Crippen LogP contribution is 2.35. The monoisotopic (exact) mass is 566 g/mol. The molecular formula is C24H46N4O11. The first-order chi connectivity index (χ1) is 18.4. The van der Waals surface area contributed by atoms with Crippen molar-refractivity contribution in [1.29, 1.82) is 0 Å². The summed E-state index contributed by atoms with van der Waals surface area (Å²) in [7, 11) is 0. The fraction of sp³-hybridized carbons (Fsp3) is 0.958. The van der Waals surface area contributed by atoms with Gasteiger partial charge in [-0.1, -0.05) is 13.8 Å². The van der Waals surface area contributed by atoms with Crippen LogP contribution in [0.3, 0.4) is 0 Å². The second-order valence-electron chi connectivity index (χ2n) is 10.7. The molecule has 2 aliphatic heterocycles. The Balaban J connectivity index is 1.88. The van der Waals surface area contributed by atoms with Crippen molar-refractivity contribution in [3.8, 4) is 0 Å². The highest BCUT2D eigenvalue weighted by atomic mass is 16.7. The summed E-state index contributed by atoms with van der Waals surface area (Å²) in [5, 5.41) is 65.8. The minimum absolute atomic E-state index is 0.0297. The van der Waals surface area contributed by atoms with E-state index in [-0.39, 0.29) is 19.1 Å².